The van der Waals surface area contributed by atoms with Crippen LogP contribution in [0.5, 0.6) is 23.0 Å². The molecule has 1 aromatic heterocycles. The van der Waals surface area contributed by atoms with Gasteiger partial charge >= 0.3 is 5.97 Å². The number of benzene rings is 3. The first kappa shape index (κ1) is 38.1. The van der Waals surface area contributed by atoms with E-state index in [4.69, 9.17) is 18.9 Å². The standard InChI is InChI=1S/C44H52N2O6S/c1-5-9-23-43(24-10-6-2)49-37-20-17-34(28-39(37)51-43)46(35-18-21-38-40(29-35)52-44(50-38,25-11-7-3)26-12-8-4)33-15-13-31(14-16-33)41-22-19-36(53-41)27-32(30-45)42(47)48/h13-22,28-29,32H,5-12,23-27H2,1-4H3,(H,47,48). The van der Waals surface area contributed by atoms with E-state index in [1.54, 1.807) is 0 Å². The number of carboxylic acids is 1. The van der Waals surface area contributed by atoms with Gasteiger partial charge < -0.3 is 29.0 Å². The molecule has 1 unspecified atom stereocenters. The normalized spacial score (nSPS) is 15.2. The summed E-state index contributed by atoms with van der Waals surface area (Å²) in [6.07, 6.45) is 12.0. The Kier molecular flexibility index (Phi) is 12.2. The number of fused-ring (bicyclic) bond motifs is 2. The molecule has 0 amide bonds. The molecule has 9 heteroatoms. The Morgan fingerprint density at radius 2 is 1.13 bits per heavy atom. The first-order chi connectivity index (χ1) is 25.7. The smallest absolute Gasteiger partial charge is 0.321 e. The van der Waals surface area contributed by atoms with Crippen LogP contribution < -0.4 is 23.8 Å². The van der Waals surface area contributed by atoms with Gasteiger partial charge in [0.2, 0.25) is 0 Å². The number of aliphatic carboxylic acids is 1. The van der Waals surface area contributed by atoms with Gasteiger partial charge in [-0.2, -0.15) is 5.26 Å². The minimum absolute atomic E-state index is 0.187. The van der Waals surface area contributed by atoms with Crippen LogP contribution in [-0.2, 0) is 11.2 Å². The maximum Gasteiger partial charge on any atom is 0.321 e. The van der Waals surface area contributed by atoms with Crippen molar-refractivity contribution in [3.8, 4) is 39.5 Å². The van der Waals surface area contributed by atoms with Crippen molar-refractivity contribution in [1.82, 2.24) is 0 Å². The zero-order valence-corrected chi connectivity index (χ0v) is 32.3. The largest absolute Gasteiger partial charge is 0.480 e. The van der Waals surface area contributed by atoms with Gasteiger partial charge in [-0.1, -0.05) is 65.5 Å². The van der Waals surface area contributed by atoms with Crippen molar-refractivity contribution in [3.05, 3.63) is 77.7 Å². The van der Waals surface area contributed by atoms with E-state index in [-0.39, 0.29) is 6.42 Å². The predicted molar refractivity (Wildman–Crippen MR) is 211 cm³/mol. The molecule has 0 fully saturated rings. The van der Waals surface area contributed by atoms with Crippen molar-refractivity contribution in [3.63, 3.8) is 0 Å². The number of nitriles is 1. The topological polar surface area (TPSA) is 101 Å². The molecular weight excluding hydrogens is 685 g/mol. The summed E-state index contributed by atoms with van der Waals surface area (Å²) >= 11 is 1.51. The molecule has 53 heavy (non-hydrogen) atoms. The summed E-state index contributed by atoms with van der Waals surface area (Å²) in [7, 11) is 0. The number of thiophene rings is 1. The van der Waals surface area contributed by atoms with Gasteiger partial charge in [0.25, 0.3) is 11.6 Å². The van der Waals surface area contributed by atoms with E-state index in [1.807, 2.05) is 30.3 Å². The van der Waals surface area contributed by atoms with Crippen LogP contribution in [0.15, 0.2) is 72.8 Å². The van der Waals surface area contributed by atoms with E-state index < -0.39 is 23.5 Å². The second kappa shape index (κ2) is 17.0. The lowest BCUT2D eigenvalue weighted by atomic mass is 10.0. The molecule has 6 rings (SSSR count). The molecule has 8 nitrogen and oxygen atoms in total. The van der Waals surface area contributed by atoms with Crippen molar-refractivity contribution < 1.29 is 28.8 Å². The van der Waals surface area contributed by atoms with Crippen LogP contribution in [-0.4, -0.2) is 22.7 Å². The van der Waals surface area contributed by atoms with Gasteiger partial charge in [-0.05, 0) is 79.8 Å². The summed E-state index contributed by atoms with van der Waals surface area (Å²) in [5.41, 5.74) is 3.82. The average molecular weight is 737 g/mol. The second-order valence-corrected chi connectivity index (χ2v) is 15.4. The fourth-order valence-corrected chi connectivity index (χ4v) is 8.20. The summed E-state index contributed by atoms with van der Waals surface area (Å²) in [4.78, 5) is 15.5. The first-order valence-corrected chi connectivity index (χ1v) is 20.2. The molecule has 3 heterocycles. The summed E-state index contributed by atoms with van der Waals surface area (Å²) in [5, 5.41) is 18.7. The number of hydrogen-bond acceptors (Lipinski definition) is 8. The molecule has 1 N–H and O–H groups in total. The predicted octanol–water partition coefficient (Wildman–Crippen LogP) is 12.3. The number of nitrogens with zero attached hydrogens (tertiary/aromatic N) is 2. The number of carboxylic acid groups (broad SMARTS) is 1. The Labute approximate surface area is 318 Å². The average Bonchev–Trinajstić information content (AvgIpc) is 3.89. The number of carbonyl (C=O) groups is 1. The number of rotatable bonds is 19. The van der Waals surface area contributed by atoms with E-state index in [2.05, 4.69) is 81.1 Å². The summed E-state index contributed by atoms with van der Waals surface area (Å²) < 4.78 is 26.6. The Morgan fingerprint density at radius 3 is 1.57 bits per heavy atom. The Bertz CT molecular complexity index is 1800. The zero-order chi connectivity index (χ0) is 37.4. The number of unbranched alkanes of at least 4 members (excludes halogenated alkanes) is 4. The van der Waals surface area contributed by atoms with Crippen LogP contribution in [0.3, 0.4) is 0 Å². The van der Waals surface area contributed by atoms with Gasteiger partial charge in [-0.25, -0.2) is 0 Å². The Hall–Kier alpha value is -4.68. The van der Waals surface area contributed by atoms with Crippen molar-refractivity contribution in [1.29, 1.82) is 5.26 Å². The van der Waals surface area contributed by atoms with Crippen molar-refractivity contribution in [2.75, 3.05) is 4.90 Å². The highest BCUT2D eigenvalue weighted by atomic mass is 32.1. The summed E-state index contributed by atoms with van der Waals surface area (Å²) in [6.45, 7) is 8.78. The maximum atomic E-state index is 11.5. The lowest BCUT2D eigenvalue weighted by Crippen LogP contribution is -2.38. The van der Waals surface area contributed by atoms with Gasteiger partial charge in [-0.3, -0.25) is 4.79 Å². The molecule has 2 aliphatic heterocycles. The van der Waals surface area contributed by atoms with E-state index in [9.17, 15) is 15.2 Å². The molecule has 0 aliphatic carbocycles. The van der Waals surface area contributed by atoms with Gasteiger partial charge in [-0.15, -0.1) is 11.3 Å². The highest BCUT2D eigenvalue weighted by Crippen LogP contribution is 2.50. The molecule has 280 valence electrons. The van der Waals surface area contributed by atoms with E-state index in [0.717, 1.165) is 132 Å². The minimum atomic E-state index is -1.10. The third-order valence-electron chi connectivity index (χ3n) is 10.1. The lowest BCUT2D eigenvalue weighted by Gasteiger charge is -2.28. The third kappa shape index (κ3) is 8.60. The van der Waals surface area contributed by atoms with Crippen molar-refractivity contribution >= 4 is 34.4 Å². The molecule has 2 aliphatic rings. The van der Waals surface area contributed by atoms with E-state index in [1.165, 1.54) is 11.3 Å². The fraction of sp³-hybridized carbons (Fsp3) is 0.455. The SMILES string of the molecule is CCCCC1(CCCC)Oc2ccc(N(c3ccc(-c4ccc(CC(C#N)C(=O)O)s4)cc3)c3ccc4c(c3)OC(CCCC)(CCCC)O4)cc2O1. The lowest BCUT2D eigenvalue weighted by molar-refractivity contribution is -0.139. The van der Waals surface area contributed by atoms with Crippen LogP contribution >= 0.6 is 11.3 Å². The zero-order valence-electron chi connectivity index (χ0n) is 31.5. The summed E-state index contributed by atoms with van der Waals surface area (Å²) in [5.74, 6) is -0.406. The van der Waals surface area contributed by atoms with Crippen LogP contribution in [0.25, 0.3) is 10.4 Å². The molecule has 0 bridgehead atoms. The monoisotopic (exact) mass is 736 g/mol. The molecule has 0 saturated carbocycles. The molecular formula is C44H52N2O6S. The molecule has 3 aromatic carbocycles. The molecule has 0 radical (unpaired) electrons. The van der Waals surface area contributed by atoms with Crippen LogP contribution in [0.2, 0.25) is 0 Å². The van der Waals surface area contributed by atoms with Gasteiger partial charge in [0, 0.05) is 59.7 Å². The van der Waals surface area contributed by atoms with Gasteiger partial charge in [0.05, 0.1) is 17.4 Å². The van der Waals surface area contributed by atoms with Crippen LogP contribution in [0.1, 0.15) is 110 Å². The van der Waals surface area contributed by atoms with Gasteiger partial charge in [0.15, 0.2) is 23.0 Å². The van der Waals surface area contributed by atoms with E-state index in [0.29, 0.717) is 0 Å². The maximum absolute atomic E-state index is 11.5. The molecule has 4 aromatic rings. The van der Waals surface area contributed by atoms with Crippen molar-refractivity contribution in [2.45, 2.75) is 123 Å². The summed E-state index contributed by atoms with van der Waals surface area (Å²) in [6, 6.07) is 26.5. The molecule has 1 atom stereocenters. The first-order valence-electron chi connectivity index (χ1n) is 19.4. The quantitative estimate of drug-likeness (QED) is 0.101. The van der Waals surface area contributed by atoms with E-state index >= 15 is 0 Å². The van der Waals surface area contributed by atoms with Gasteiger partial charge in [0.1, 0.15) is 5.92 Å². The third-order valence-corrected chi connectivity index (χ3v) is 11.3. The number of anilines is 3. The van der Waals surface area contributed by atoms with Crippen LogP contribution in [0.4, 0.5) is 17.1 Å². The van der Waals surface area contributed by atoms with Crippen LogP contribution in [0, 0.1) is 17.2 Å². The Morgan fingerprint density at radius 1 is 0.679 bits per heavy atom. The Balaban J connectivity index is 1.35. The highest BCUT2D eigenvalue weighted by molar-refractivity contribution is 7.15. The van der Waals surface area contributed by atoms with Crippen molar-refractivity contribution in [2.24, 2.45) is 5.92 Å². The molecule has 0 saturated heterocycles. The fourth-order valence-electron chi connectivity index (χ4n) is 7.14. The highest BCUT2D eigenvalue weighted by Gasteiger charge is 2.42. The second-order valence-electron chi connectivity index (χ2n) is 14.3. The minimum Gasteiger partial charge on any atom is -0.480 e. The number of ether oxygens (including phenoxy) is 4. The molecule has 0 spiro atoms. The number of hydrogen-bond donors (Lipinski definition) is 1.